The predicted molar refractivity (Wildman–Crippen MR) is 102 cm³/mol. The molecule has 1 aromatic rings. The van der Waals surface area contributed by atoms with Gasteiger partial charge in [-0.05, 0) is 42.5 Å². The summed E-state index contributed by atoms with van der Waals surface area (Å²) in [6, 6.07) is 6.24. The smallest absolute Gasteiger partial charge is 0.0410 e. The summed E-state index contributed by atoms with van der Waals surface area (Å²) in [5.74, 6) is 0.709. The Kier molecular flexibility index (Phi) is 10.5. The van der Waals surface area contributed by atoms with E-state index in [9.17, 15) is 0 Å². The summed E-state index contributed by atoms with van der Waals surface area (Å²) in [6.07, 6.45) is 2.35. The van der Waals surface area contributed by atoms with E-state index in [-0.39, 0.29) is 24.8 Å². The molecule has 0 saturated carbocycles. The van der Waals surface area contributed by atoms with Crippen LogP contribution in [-0.2, 0) is 0 Å². The molecule has 0 radical (unpaired) electrons. The molecule has 1 aliphatic rings. The fourth-order valence-electron chi connectivity index (χ4n) is 2.85. The first-order valence-electron chi connectivity index (χ1n) is 7.57. The monoisotopic (exact) mass is 367 g/mol. The van der Waals surface area contributed by atoms with Gasteiger partial charge in [0.05, 0.1) is 0 Å². The number of nitrogens with one attached hydrogen (secondary N) is 1. The third-order valence-corrected chi connectivity index (χ3v) is 4.25. The maximum atomic E-state index is 6.20. The van der Waals surface area contributed by atoms with Crippen molar-refractivity contribution in [2.45, 2.75) is 32.7 Å². The molecule has 1 heterocycles. The van der Waals surface area contributed by atoms with Gasteiger partial charge in [0.1, 0.15) is 0 Å². The van der Waals surface area contributed by atoms with Crippen LogP contribution in [0, 0.1) is 5.92 Å². The average molecular weight is 369 g/mol. The number of rotatable bonds is 5. The number of hydrogen-bond donors (Lipinski definition) is 2. The van der Waals surface area contributed by atoms with Crippen molar-refractivity contribution in [1.82, 2.24) is 10.2 Å². The fourth-order valence-corrected chi connectivity index (χ4v) is 3.03. The number of halogens is 3. The zero-order valence-corrected chi connectivity index (χ0v) is 15.7. The highest BCUT2D eigenvalue weighted by Gasteiger charge is 2.24. The molecule has 0 aliphatic carbocycles. The number of piperazine rings is 1. The molecule has 1 aliphatic heterocycles. The molecule has 128 valence electrons. The van der Waals surface area contributed by atoms with Gasteiger partial charge < -0.3 is 11.1 Å². The Morgan fingerprint density at radius 3 is 2.41 bits per heavy atom. The molecule has 0 bridgehead atoms. The van der Waals surface area contributed by atoms with Crippen molar-refractivity contribution in [2.24, 2.45) is 5.92 Å². The van der Waals surface area contributed by atoms with Crippen LogP contribution < -0.4 is 11.1 Å². The largest absolute Gasteiger partial charge is 0.398 e. The minimum Gasteiger partial charge on any atom is -0.398 e. The van der Waals surface area contributed by atoms with Crippen molar-refractivity contribution < 1.29 is 0 Å². The average Bonchev–Trinajstić information content (AvgIpc) is 2.43. The third kappa shape index (κ3) is 6.13. The Morgan fingerprint density at radius 2 is 1.82 bits per heavy atom. The van der Waals surface area contributed by atoms with Crippen LogP contribution in [0.25, 0.3) is 0 Å². The molecule has 2 rings (SSSR count). The van der Waals surface area contributed by atoms with Gasteiger partial charge in [-0.1, -0.05) is 25.4 Å². The van der Waals surface area contributed by atoms with Crippen LogP contribution in [-0.4, -0.2) is 31.1 Å². The number of anilines is 1. The van der Waals surface area contributed by atoms with Gasteiger partial charge in [0.25, 0.3) is 0 Å². The van der Waals surface area contributed by atoms with E-state index in [1.807, 2.05) is 18.2 Å². The Labute approximate surface area is 151 Å². The Bertz CT molecular complexity index is 435. The van der Waals surface area contributed by atoms with E-state index in [1.54, 1.807) is 0 Å². The molecule has 3 N–H and O–H groups in total. The summed E-state index contributed by atoms with van der Waals surface area (Å²) < 4.78 is 0. The Balaban J connectivity index is 0.00000220. The third-order valence-electron chi connectivity index (χ3n) is 4.02. The number of nitrogen functional groups attached to an aromatic ring is 1. The van der Waals surface area contributed by atoms with Crippen LogP contribution in [0.15, 0.2) is 18.2 Å². The van der Waals surface area contributed by atoms with Crippen molar-refractivity contribution in [1.29, 1.82) is 0 Å². The lowest BCUT2D eigenvalue weighted by atomic mass is 9.94. The Morgan fingerprint density at radius 1 is 1.18 bits per heavy atom. The van der Waals surface area contributed by atoms with Crippen molar-refractivity contribution in [3.05, 3.63) is 28.8 Å². The fraction of sp³-hybridized carbons (Fsp3) is 0.625. The van der Waals surface area contributed by atoms with Crippen molar-refractivity contribution in [3.8, 4) is 0 Å². The number of nitrogens with two attached hydrogens (primary N) is 1. The lowest BCUT2D eigenvalue weighted by molar-refractivity contribution is 0.160. The first kappa shape index (κ1) is 21.8. The van der Waals surface area contributed by atoms with E-state index in [0.29, 0.717) is 12.0 Å². The second kappa shape index (κ2) is 10.6. The molecular formula is C16H28Cl3N3. The van der Waals surface area contributed by atoms with Crippen molar-refractivity contribution in [3.63, 3.8) is 0 Å². The summed E-state index contributed by atoms with van der Waals surface area (Å²) in [5.41, 5.74) is 8.26. The van der Waals surface area contributed by atoms with Gasteiger partial charge in [0.15, 0.2) is 0 Å². The molecule has 3 nitrogen and oxygen atoms in total. The molecule has 22 heavy (non-hydrogen) atoms. The van der Waals surface area contributed by atoms with Gasteiger partial charge in [-0.25, -0.2) is 0 Å². The van der Waals surface area contributed by atoms with Gasteiger partial charge in [-0.3, -0.25) is 4.90 Å². The maximum absolute atomic E-state index is 6.20. The SMILES string of the molecule is CC(C)CC[C@H](c1cc(Cl)ccc1N)N1CCNCC1.Cl.Cl. The van der Waals surface area contributed by atoms with Gasteiger partial charge >= 0.3 is 0 Å². The lowest BCUT2D eigenvalue weighted by Crippen LogP contribution is -2.45. The van der Waals surface area contributed by atoms with Gasteiger partial charge in [0.2, 0.25) is 0 Å². The summed E-state index contributed by atoms with van der Waals surface area (Å²) in [4.78, 5) is 2.54. The van der Waals surface area contributed by atoms with Crippen molar-refractivity contribution >= 4 is 42.1 Å². The predicted octanol–water partition coefficient (Wildman–Crippen LogP) is 4.15. The zero-order valence-electron chi connectivity index (χ0n) is 13.3. The number of hydrogen-bond acceptors (Lipinski definition) is 3. The second-order valence-electron chi connectivity index (χ2n) is 6.05. The van der Waals surface area contributed by atoms with Crippen molar-refractivity contribution in [2.75, 3.05) is 31.9 Å². The number of benzene rings is 1. The van der Waals surface area contributed by atoms with E-state index in [0.717, 1.165) is 43.3 Å². The van der Waals surface area contributed by atoms with Crippen LogP contribution in [0.5, 0.6) is 0 Å². The molecule has 0 unspecified atom stereocenters. The molecule has 6 heteroatoms. The van der Waals surface area contributed by atoms with Crippen LogP contribution in [0.2, 0.25) is 5.02 Å². The minimum absolute atomic E-state index is 0. The highest BCUT2D eigenvalue weighted by molar-refractivity contribution is 6.30. The topological polar surface area (TPSA) is 41.3 Å². The van der Waals surface area contributed by atoms with E-state index in [1.165, 1.54) is 12.0 Å². The summed E-state index contributed by atoms with van der Waals surface area (Å²) >= 11 is 6.18. The molecule has 0 amide bonds. The molecule has 1 fully saturated rings. The molecule has 1 aromatic carbocycles. The van der Waals surface area contributed by atoms with Gasteiger partial charge in [-0.2, -0.15) is 0 Å². The van der Waals surface area contributed by atoms with Crippen LogP contribution in [0.4, 0.5) is 5.69 Å². The maximum Gasteiger partial charge on any atom is 0.0410 e. The molecule has 1 atom stereocenters. The zero-order chi connectivity index (χ0) is 14.5. The van der Waals surface area contributed by atoms with Crippen LogP contribution in [0.1, 0.15) is 38.3 Å². The highest BCUT2D eigenvalue weighted by Crippen LogP contribution is 2.33. The van der Waals surface area contributed by atoms with E-state index in [2.05, 4.69) is 24.1 Å². The van der Waals surface area contributed by atoms with Crippen LogP contribution >= 0.6 is 36.4 Å². The lowest BCUT2D eigenvalue weighted by Gasteiger charge is -2.36. The first-order valence-corrected chi connectivity index (χ1v) is 7.95. The molecule has 0 aromatic heterocycles. The quantitative estimate of drug-likeness (QED) is 0.767. The Hall–Kier alpha value is -0.190. The molecule has 1 saturated heterocycles. The highest BCUT2D eigenvalue weighted by atomic mass is 35.5. The molecule has 0 spiro atoms. The summed E-state index contributed by atoms with van der Waals surface area (Å²) in [5, 5.41) is 4.19. The van der Waals surface area contributed by atoms with Gasteiger partial charge in [-0.15, -0.1) is 24.8 Å². The van der Waals surface area contributed by atoms with E-state index in [4.69, 9.17) is 17.3 Å². The minimum atomic E-state index is 0. The summed E-state index contributed by atoms with van der Waals surface area (Å²) in [6.45, 7) is 8.81. The first-order chi connectivity index (χ1) is 9.58. The number of nitrogens with zero attached hydrogens (tertiary/aromatic N) is 1. The van der Waals surface area contributed by atoms with E-state index >= 15 is 0 Å². The normalized spacial score (nSPS) is 16.7. The van der Waals surface area contributed by atoms with E-state index < -0.39 is 0 Å². The second-order valence-corrected chi connectivity index (χ2v) is 6.48. The summed E-state index contributed by atoms with van der Waals surface area (Å²) in [7, 11) is 0. The standard InChI is InChI=1S/C16H26ClN3.2ClH/c1-12(2)3-6-16(20-9-7-19-8-10-20)14-11-13(17)4-5-15(14)18;;/h4-5,11-12,16,19H,3,6-10,18H2,1-2H3;2*1H/t16-;;/m1../s1. The van der Waals surface area contributed by atoms with Crippen LogP contribution in [0.3, 0.4) is 0 Å². The van der Waals surface area contributed by atoms with Gasteiger partial charge in [0, 0.05) is 42.9 Å². The molecular weight excluding hydrogens is 341 g/mol.